The topological polar surface area (TPSA) is 86.4 Å². The Morgan fingerprint density at radius 2 is 1.80 bits per heavy atom. The summed E-state index contributed by atoms with van der Waals surface area (Å²) in [5, 5.41) is 0.526. The van der Waals surface area contributed by atoms with Crippen LogP contribution in [0.25, 0.3) is 11.0 Å². The molecular formula is C19H18F2N4O3S2. The molecule has 7 nitrogen and oxygen atoms in total. The van der Waals surface area contributed by atoms with Crippen molar-refractivity contribution in [3.8, 4) is 0 Å². The Balaban J connectivity index is 1.44. The van der Waals surface area contributed by atoms with Crippen LogP contribution in [0.5, 0.6) is 0 Å². The summed E-state index contributed by atoms with van der Waals surface area (Å²) >= 11 is 0.418. The summed E-state index contributed by atoms with van der Waals surface area (Å²) in [6.45, 7) is 0.819. The maximum absolute atomic E-state index is 13.0. The maximum atomic E-state index is 13.0. The molecule has 158 valence electrons. The molecule has 3 heterocycles. The molecule has 0 unspecified atom stereocenters. The van der Waals surface area contributed by atoms with Crippen LogP contribution in [0.15, 0.2) is 58.6 Å². The number of fused-ring (bicyclic) bond motifs is 1. The summed E-state index contributed by atoms with van der Waals surface area (Å²) in [6, 6.07) is 9.36. The smallest absolute Gasteiger partial charge is 0.288 e. The number of carbonyl (C=O) groups is 1. The Morgan fingerprint density at radius 1 is 1.10 bits per heavy atom. The van der Waals surface area contributed by atoms with Crippen LogP contribution in [0, 0.1) is 0 Å². The van der Waals surface area contributed by atoms with Crippen LogP contribution in [0.2, 0.25) is 0 Å². The third kappa shape index (κ3) is 4.05. The van der Waals surface area contributed by atoms with Gasteiger partial charge in [0.05, 0.1) is 0 Å². The number of aromatic nitrogens is 2. The standard InChI is InChI=1S/C19H18F2N4O3S2/c20-19(21)29-14-5-3-13(4-6-14)18(26)24-8-10-25(11-9-24)30(27,28)16-12-23-17-15(16)2-1-7-22-17/h1-7,12,19H,8-11H2,(H,22,23). The highest BCUT2D eigenvalue weighted by atomic mass is 32.2. The largest absolute Gasteiger partial charge is 0.345 e. The average Bonchev–Trinajstić information content (AvgIpc) is 3.18. The first-order chi connectivity index (χ1) is 14.4. The van der Waals surface area contributed by atoms with Crippen molar-refractivity contribution in [1.29, 1.82) is 0 Å². The number of hydrogen-bond donors (Lipinski definition) is 1. The van der Waals surface area contributed by atoms with Gasteiger partial charge in [0.1, 0.15) is 10.5 Å². The van der Waals surface area contributed by atoms with Crippen LogP contribution in [0.4, 0.5) is 8.78 Å². The van der Waals surface area contributed by atoms with Gasteiger partial charge in [0.2, 0.25) is 10.0 Å². The molecule has 1 aliphatic rings. The second kappa shape index (κ2) is 8.32. The molecule has 11 heteroatoms. The Bertz CT molecular complexity index is 1160. The molecule has 0 atom stereocenters. The van der Waals surface area contributed by atoms with Gasteiger partial charge in [-0.1, -0.05) is 11.8 Å². The van der Waals surface area contributed by atoms with E-state index in [1.807, 2.05) is 0 Å². The highest BCUT2D eigenvalue weighted by molar-refractivity contribution is 7.99. The molecule has 1 saturated heterocycles. The zero-order chi connectivity index (χ0) is 21.3. The van der Waals surface area contributed by atoms with Gasteiger partial charge in [-0.25, -0.2) is 13.4 Å². The Hall–Kier alpha value is -2.50. The molecule has 1 aliphatic heterocycles. The molecule has 0 aliphatic carbocycles. The Kier molecular flexibility index (Phi) is 5.76. The van der Waals surface area contributed by atoms with Crippen LogP contribution < -0.4 is 0 Å². The molecule has 1 fully saturated rings. The van der Waals surface area contributed by atoms with Crippen molar-refractivity contribution < 1.29 is 22.0 Å². The van der Waals surface area contributed by atoms with Gasteiger partial charge in [-0.05, 0) is 36.4 Å². The van der Waals surface area contributed by atoms with Gasteiger partial charge in [0.15, 0.2) is 0 Å². The minimum Gasteiger partial charge on any atom is -0.345 e. The lowest BCUT2D eigenvalue weighted by molar-refractivity contribution is 0.0698. The number of piperazine rings is 1. The quantitative estimate of drug-likeness (QED) is 0.602. The number of H-pyrrole nitrogens is 1. The monoisotopic (exact) mass is 452 g/mol. The predicted molar refractivity (Wildman–Crippen MR) is 109 cm³/mol. The maximum Gasteiger partial charge on any atom is 0.288 e. The number of nitrogens with zero attached hydrogens (tertiary/aromatic N) is 3. The van der Waals surface area contributed by atoms with Crippen LogP contribution in [0.3, 0.4) is 0 Å². The molecule has 1 N–H and O–H groups in total. The number of rotatable bonds is 5. The number of hydrogen-bond acceptors (Lipinski definition) is 5. The molecule has 0 spiro atoms. The minimum absolute atomic E-state index is 0.164. The van der Waals surface area contributed by atoms with Gasteiger partial charge in [0, 0.05) is 54.4 Å². The number of pyridine rings is 1. The van der Waals surface area contributed by atoms with Crippen LogP contribution in [-0.2, 0) is 10.0 Å². The molecule has 1 aromatic carbocycles. The summed E-state index contributed by atoms with van der Waals surface area (Å²) in [5.41, 5.74) is 0.881. The SMILES string of the molecule is O=C(c1ccc(SC(F)F)cc1)N1CCN(S(=O)(=O)c2c[nH]c3ncccc23)CC1. The van der Waals surface area contributed by atoms with Crippen LogP contribution >= 0.6 is 11.8 Å². The Morgan fingerprint density at radius 3 is 2.47 bits per heavy atom. The van der Waals surface area contributed by atoms with E-state index in [0.29, 0.717) is 33.3 Å². The van der Waals surface area contributed by atoms with E-state index >= 15 is 0 Å². The molecule has 3 aromatic rings. The first-order valence-corrected chi connectivity index (χ1v) is 11.4. The van der Waals surface area contributed by atoms with Gasteiger partial charge < -0.3 is 9.88 Å². The van der Waals surface area contributed by atoms with Crippen LogP contribution in [0.1, 0.15) is 10.4 Å². The lowest BCUT2D eigenvalue weighted by Crippen LogP contribution is -2.50. The van der Waals surface area contributed by atoms with E-state index in [1.54, 1.807) is 23.2 Å². The molecular weight excluding hydrogens is 434 g/mol. The van der Waals surface area contributed by atoms with E-state index in [4.69, 9.17) is 0 Å². The average molecular weight is 453 g/mol. The van der Waals surface area contributed by atoms with Crippen molar-refractivity contribution in [2.24, 2.45) is 0 Å². The van der Waals surface area contributed by atoms with Crippen molar-refractivity contribution >= 4 is 38.7 Å². The van der Waals surface area contributed by atoms with Gasteiger partial charge in [0.25, 0.3) is 11.7 Å². The van der Waals surface area contributed by atoms with Gasteiger partial charge in [-0.2, -0.15) is 13.1 Å². The highest BCUT2D eigenvalue weighted by Gasteiger charge is 2.32. The van der Waals surface area contributed by atoms with Crippen molar-refractivity contribution in [1.82, 2.24) is 19.2 Å². The second-order valence-electron chi connectivity index (χ2n) is 6.65. The number of thioether (sulfide) groups is 1. The lowest BCUT2D eigenvalue weighted by Gasteiger charge is -2.34. The third-order valence-corrected chi connectivity index (χ3v) is 7.54. The van der Waals surface area contributed by atoms with E-state index in [9.17, 15) is 22.0 Å². The number of halogens is 2. The van der Waals surface area contributed by atoms with Crippen molar-refractivity contribution in [3.05, 3.63) is 54.4 Å². The molecule has 30 heavy (non-hydrogen) atoms. The van der Waals surface area contributed by atoms with Crippen LogP contribution in [-0.4, -0.2) is 65.4 Å². The minimum atomic E-state index is -3.73. The fourth-order valence-electron chi connectivity index (χ4n) is 3.38. The summed E-state index contributed by atoms with van der Waals surface area (Å²) in [5.74, 6) is -2.77. The van der Waals surface area contributed by atoms with Gasteiger partial charge >= 0.3 is 0 Å². The van der Waals surface area contributed by atoms with Gasteiger partial charge in [-0.15, -0.1) is 0 Å². The summed E-state index contributed by atoms with van der Waals surface area (Å²) in [7, 11) is -3.73. The predicted octanol–water partition coefficient (Wildman–Crippen LogP) is 3.02. The molecule has 0 saturated carbocycles. The first-order valence-electron chi connectivity index (χ1n) is 9.12. The lowest BCUT2D eigenvalue weighted by atomic mass is 10.2. The first kappa shape index (κ1) is 20.8. The fraction of sp³-hybridized carbons (Fsp3) is 0.263. The van der Waals surface area contributed by atoms with Crippen molar-refractivity contribution in [3.63, 3.8) is 0 Å². The molecule has 2 aromatic heterocycles. The molecule has 0 bridgehead atoms. The number of benzene rings is 1. The Labute approximate surface area is 176 Å². The number of nitrogens with one attached hydrogen (secondary N) is 1. The second-order valence-corrected chi connectivity index (χ2v) is 9.62. The van der Waals surface area contributed by atoms with E-state index < -0.39 is 15.8 Å². The van der Waals surface area contributed by atoms with Crippen molar-refractivity contribution in [2.75, 3.05) is 26.2 Å². The summed E-state index contributed by atoms with van der Waals surface area (Å²) < 4.78 is 52.3. The number of amides is 1. The van der Waals surface area contributed by atoms with E-state index in [2.05, 4.69) is 9.97 Å². The van der Waals surface area contributed by atoms with Gasteiger partial charge in [-0.3, -0.25) is 4.79 Å². The zero-order valence-electron chi connectivity index (χ0n) is 15.7. The fourth-order valence-corrected chi connectivity index (χ4v) is 5.45. The number of carbonyl (C=O) groups excluding carboxylic acids is 1. The molecule has 0 radical (unpaired) electrons. The molecule has 1 amide bonds. The van der Waals surface area contributed by atoms with E-state index in [1.165, 1.54) is 34.8 Å². The number of aromatic amines is 1. The van der Waals surface area contributed by atoms with E-state index in [-0.39, 0.29) is 37.0 Å². The number of sulfonamides is 1. The molecule has 4 rings (SSSR count). The highest BCUT2D eigenvalue weighted by Crippen LogP contribution is 2.27. The summed E-state index contributed by atoms with van der Waals surface area (Å²) in [6.07, 6.45) is 3.02. The van der Waals surface area contributed by atoms with E-state index in [0.717, 1.165) is 0 Å². The number of alkyl halides is 2. The summed E-state index contributed by atoms with van der Waals surface area (Å²) in [4.78, 5) is 21.8. The third-order valence-electron chi connectivity index (χ3n) is 4.88. The zero-order valence-corrected chi connectivity index (χ0v) is 17.3. The van der Waals surface area contributed by atoms with Crippen molar-refractivity contribution in [2.45, 2.75) is 15.5 Å². The normalized spacial score (nSPS) is 15.8.